The number of benzene rings is 1. The Hall–Kier alpha value is 0.210. The molecule has 0 bridgehead atoms. The first kappa shape index (κ1) is 9.30. The lowest BCUT2D eigenvalue weighted by atomic mass is 10.2. The molecule has 0 amide bonds. The van der Waals surface area contributed by atoms with Crippen LogP contribution in [0, 0.1) is 5.82 Å². The minimum Gasteiger partial charge on any atom is -0.205 e. The van der Waals surface area contributed by atoms with Gasteiger partial charge in [0.05, 0.1) is 10.9 Å². The van der Waals surface area contributed by atoms with Crippen molar-refractivity contribution in [3.8, 4) is 0 Å². The molecule has 1 aromatic rings. The molecule has 0 N–H and O–H groups in total. The van der Waals surface area contributed by atoms with Crippen LogP contribution in [0.2, 0.25) is 5.02 Å². The molecule has 60 valence electrons. The molecule has 0 saturated heterocycles. The van der Waals surface area contributed by atoms with Crippen LogP contribution in [-0.4, -0.2) is 0 Å². The fraction of sp³-hybridized carbons (Fsp3) is 0.143. The Bertz CT molecular complexity index is 275. The molecule has 0 saturated carbocycles. The van der Waals surface area contributed by atoms with E-state index in [0.717, 1.165) is 0 Å². The molecule has 0 aliphatic heterocycles. The summed E-state index contributed by atoms with van der Waals surface area (Å²) >= 11 is 14.1. The van der Waals surface area contributed by atoms with Crippen molar-refractivity contribution in [1.82, 2.24) is 0 Å². The Kier molecular flexibility index (Phi) is 3.16. The Balaban J connectivity index is 3.25. The molecule has 1 rings (SSSR count). The molecule has 0 atom stereocenters. The van der Waals surface area contributed by atoms with Crippen LogP contribution in [-0.2, 0) is 5.88 Å². The van der Waals surface area contributed by atoms with Gasteiger partial charge in [0, 0.05) is 10.0 Å². The fourth-order valence-corrected chi connectivity index (χ4v) is 1.37. The van der Waals surface area contributed by atoms with E-state index < -0.39 is 5.82 Å². The third-order valence-electron chi connectivity index (χ3n) is 1.26. The molecule has 0 aliphatic carbocycles. The molecule has 0 unspecified atom stereocenters. The van der Waals surface area contributed by atoms with Crippen LogP contribution >= 0.6 is 39.1 Å². The molecular weight excluding hydrogens is 254 g/mol. The average molecular weight is 258 g/mol. The van der Waals surface area contributed by atoms with E-state index in [1.807, 2.05) is 0 Å². The SMILES string of the molecule is Fc1c(CCl)ccc(Br)c1Cl. The van der Waals surface area contributed by atoms with Crippen molar-refractivity contribution in [1.29, 1.82) is 0 Å². The Labute approximate surface area is 82.4 Å². The van der Waals surface area contributed by atoms with E-state index in [0.29, 0.717) is 10.0 Å². The summed E-state index contributed by atoms with van der Waals surface area (Å²) in [7, 11) is 0. The van der Waals surface area contributed by atoms with E-state index in [1.54, 1.807) is 12.1 Å². The normalized spacial score (nSPS) is 10.2. The molecule has 0 aromatic heterocycles. The number of alkyl halides is 1. The molecule has 1 aromatic carbocycles. The predicted octanol–water partition coefficient (Wildman–Crippen LogP) is 3.98. The molecule has 0 aliphatic rings. The average Bonchev–Trinajstić information content (AvgIpc) is 2.01. The van der Waals surface area contributed by atoms with Gasteiger partial charge >= 0.3 is 0 Å². The number of hydrogen-bond acceptors (Lipinski definition) is 0. The first-order valence-corrected chi connectivity index (χ1v) is 4.55. The summed E-state index contributed by atoms with van der Waals surface area (Å²) in [6, 6.07) is 3.27. The largest absolute Gasteiger partial charge is 0.205 e. The zero-order valence-electron chi connectivity index (χ0n) is 5.37. The monoisotopic (exact) mass is 256 g/mol. The van der Waals surface area contributed by atoms with Crippen LogP contribution in [0.1, 0.15) is 5.56 Å². The Morgan fingerprint density at radius 2 is 2.09 bits per heavy atom. The fourth-order valence-electron chi connectivity index (χ4n) is 0.669. The van der Waals surface area contributed by atoms with Gasteiger partial charge in [-0.05, 0) is 22.0 Å². The second-order valence-corrected chi connectivity index (χ2v) is 3.47. The van der Waals surface area contributed by atoms with Crippen molar-refractivity contribution in [3.05, 3.63) is 33.0 Å². The molecule has 0 radical (unpaired) electrons. The van der Waals surface area contributed by atoms with Gasteiger partial charge in [-0.3, -0.25) is 0 Å². The summed E-state index contributed by atoms with van der Waals surface area (Å²) in [4.78, 5) is 0. The van der Waals surface area contributed by atoms with Gasteiger partial charge in [-0.1, -0.05) is 17.7 Å². The highest BCUT2D eigenvalue weighted by Gasteiger charge is 2.08. The van der Waals surface area contributed by atoms with Crippen LogP contribution in [0.4, 0.5) is 4.39 Å². The number of rotatable bonds is 1. The van der Waals surface area contributed by atoms with Gasteiger partial charge in [-0.15, -0.1) is 11.6 Å². The van der Waals surface area contributed by atoms with Crippen LogP contribution < -0.4 is 0 Å². The van der Waals surface area contributed by atoms with Crippen LogP contribution in [0.15, 0.2) is 16.6 Å². The Morgan fingerprint density at radius 1 is 1.45 bits per heavy atom. The maximum atomic E-state index is 13.0. The standard InChI is InChI=1S/C7H4BrCl2F/c8-5-2-1-4(3-9)7(11)6(5)10/h1-2H,3H2. The molecule has 0 fully saturated rings. The van der Waals surface area contributed by atoms with Gasteiger partial charge in [-0.25, -0.2) is 4.39 Å². The smallest absolute Gasteiger partial charge is 0.147 e. The van der Waals surface area contributed by atoms with Gasteiger partial charge in [0.15, 0.2) is 0 Å². The first-order chi connectivity index (χ1) is 5.16. The summed E-state index contributed by atoms with van der Waals surface area (Å²) < 4.78 is 13.6. The lowest BCUT2D eigenvalue weighted by Crippen LogP contribution is -1.87. The maximum absolute atomic E-state index is 13.0. The van der Waals surface area contributed by atoms with Gasteiger partial charge in [-0.2, -0.15) is 0 Å². The van der Waals surface area contributed by atoms with Gasteiger partial charge in [0.2, 0.25) is 0 Å². The van der Waals surface area contributed by atoms with E-state index >= 15 is 0 Å². The van der Waals surface area contributed by atoms with E-state index in [9.17, 15) is 4.39 Å². The number of hydrogen-bond donors (Lipinski definition) is 0. The van der Waals surface area contributed by atoms with E-state index in [1.165, 1.54) is 0 Å². The Morgan fingerprint density at radius 3 is 2.64 bits per heavy atom. The molecular formula is C7H4BrCl2F. The van der Waals surface area contributed by atoms with Crippen molar-refractivity contribution in [2.24, 2.45) is 0 Å². The van der Waals surface area contributed by atoms with Gasteiger partial charge in [0.1, 0.15) is 5.82 Å². The minimum atomic E-state index is -0.448. The maximum Gasteiger partial charge on any atom is 0.147 e. The highest BCUT2D eigenvalue weighted by Crippen LogP contribution is 2.27. The van der Waals surface area contributed by atoms with Crippen molar-refractivity contribution >= 4 is 39.1 Å². The summed E-state index contributed by atoms with van der Waals surface area (Å²) in [5.41, 5.74) is 0.417. The van der Waals surface area contributed by atoms with Gasteiger partial charge < -0.3 is 0 Å². The number of halogens is 4. The topological polar surface area (TPSA) is 0 Å². The van der Waals surface area contributed by atoms with Crippen molar-refractivity contribution < 1.29 is 4.39 Å². The van der Waals surface area contributed by atoms with Crippen molar-refractivity contribution in [2.75, 3.05) is 0 Å². The molecule has 0 heterocycles. The second kappa shape index (κ2) is 3.74. The van der Waals surface area contributed by atoms with Crippen LogP contribution in [0.3, 0.4) is 0 Å². The third-order valence-corrected chi connectivity index (χ3v) is 2.81. The summed E-state index contributed by atoms with van der Waals surface area (Å²) in [6.45, 7) is 0. The van der Waals surface area contributed by atoms with Crippen molar-refractivity contribution in [3.63, 3.8) is 0 Å². The second-order valence-electron chi connectivity index (χ2n) is 1.97. The highest BCUT2D eigenvalue weighted by atomic mass is 79.9. The minimum absolute atomic E-state index is 0.0863. The predicted molar refractivity (Wildman–Crippen MR) is 48.7 cm³/mol. The van der Waals surface area contributed by atoms with E-state index in [2.05, 4.69) is 15.9 Å². The highest BCUT2D eigenvalue weighted by molar-refractivity contribution is 9.10. The van der Waals surface area contributed by atoms with Crippen molar-refractivity contribution in [2.45, 2.75) is 5.88 Å². The summed E-state index contributed by atoms with van der Waals surface area (Å²) in [5, 5.41) is 0.0863. The van der Waals surface area contributed by atoms with E-state index in [4.69, 9.17) is 23.2 Å². The lowest BCUT2D eigenvalue weighted by molar-refractivity contribution is 0.616. The summed E-state index contributed by atoms with van der Waals surface area (Å²) in [6.07, 6.45) is 0. The van der Waals surface area contributed by atoms with E-state index in [-0.39, 0.29) is 10.9 Å². The zero-order valence-corrected chi connectivity index (χ0v) is 8.47. The first-order valence-electron chi connectivity index (χ1n) is 2.85. The molecule has 4 heteroatoms. The quantitative estimate of drug-likeness (QED) is 0.527. The molecule has 0 nitrogen and oxygen atoms in total. The lowest BCUT2D eigenvalue weighted by Gasteiger charge is -2.01. The summed E-state index contributed by atoms with van der Waals surface area (Å²) in [5.74, 6) is -0.310. The molecule has 0 spiro atoms. The third kappa shape index (κ3) is 1.86. The van der Waals surface area contributed by atoms with Crippen LogP contribution in [0.5, 0.6) is 0 Å². The van der Waals surface area contributed by atoms with Gasteiger partial charge in [0.25, 0.3) is 0 Å². The van der Waals surface area contributed by atoms with Crippen LogP contribution in [0.25, 0.3) is 0 Å². The molecule has 11 heavy (non-hydrogen) atoms. The zero-order chi connectivity index (χ0) is 8.43.